The Kier molecular flexibility index (Phi) is 3.69. The highest BCUT2D eigenvalue weighted by molar-refractivity contribution is 7.98. The Morgan fingerprint density at radius 2 is 2.00 bits per heavy atom. The minimum absolute atomic E-state index is 0.596. The molecule has 0 radical (unpaired) electrons. The SMILES string of the molecule is [C-]#[N+]CCc1ccc(SC)cc1. The Balaban J connectivity index is 2.60. The fraction of sp³-hybridized carbons (Fsp3) is 0.300. The molecular weight excluding hydrogens is 166 g/mol. The molecule has 0 saturated heterocycles. The van der Waals surface area contributed by atoms with Crippen LogP contribution in [-0.4, -0.2) is 12.8 Å². The topological polar surface area (TPSA) is 4.36 Å². The summed E-state index contributed by atoms with van der Waals surface area (Å²) in [6, 6.07) is 8.39. The van der Waals surface area contributed by atoms with Gasteiger partial charge in [-0.25, -0.2) is 6.57 Å². The number of thioether (sulfide) groups is 1. The van der Waals surface area contributed by atoms with Crippen molar-refractivity contribution >= 4 is 11.8 Å². The molecule has 0 aromatic heterocycles. The van der Waals surface area contributed by atoms with Crippen LogP contribution in [0, 0.1) is 6.57 Å². The van der Waals surface area contributed by atoms with Crippen molar-refractivity contribution in [3.05, 3.63) is 41.2 Å². The van der Waals surface area contributed by atoms with Gasteiger partial charge in [-0.1, -0.05) is 12.1 Å². The molecule has 0 amide bonds. The van der Waals surface area contributed by atoms with E-state index < -0.39 is 0 Å². The van der Waals surface area contributed by atoms with E-state index in [2.05, 4.69) is 35.4 Å². The van der Waals surface area contributed by atoms with Crippen molar-refractivity contribution in [1.82, 2.24) is 0 Å². The zero-order chi connectivity index (χ0) is 8.81. The van der Waals surface area contributed by atoms with E-state index in [1.807, 2.05) is 0 Å². The summed E-state index contributed by atoms with van der Waals surface area (Å²) in [5, 5.41) is 0. The summed E-state index contributed by atoms with van der Waals surface area (Å²) in [6.45, 7) is 7.25. The van der Waals surface area contributed by atoms with Crippen LogP contribution >= 0.6 is 11.8 Å². The first-order valence-electron chi connectivity index (χ1n) is 3.83. The van der Waals surface area contributed by atoms with Gasteiger partial charge in [-0.2, -0.15) is 0 Å². The predicted octanol–water partition coefficient (Wildman–Crippen LogP) is 2.87. The lowest BCUT2D eigenvalue weighted by atomic mass is 10.2. The summed E-state index contributed by atoms with van der Waals surface area (Å²) in [7, 11) is 0. The van der Waals surface area contributed by atoms with Crippen LogP contribution in [0.15, 0.2) is 29.2 Å². The van der Waals surface area contributed by atoms with Gasteiger partial charge in [-0.3, -0.25) is 0 Å². The van der Waals surface area contributed by atoms with E-state index in [1.165, 1.54) is 10.5 Å². The van der Waals surface area contributed by atoms with E-state index in [0.29, 0.717) is 6.54 Å². The molecule has 0 saturated carbocycles. The molecule has 1 nitrogen and oxygen atoms in total. The molecule has 12 heavy (non-hydrogen) atoms. The molecule has 1 aromatic rings. The van der Waals surface area contributed by atoms with Crippen molar-refractivity contribution < 1.29 is 0 Å². The average Bonchev–Trinajstić information content (AvgIpc) is 2.15. The van der Waals surface area contributed by atoms with Gasteiger partial charge in [0.25, 0.3) is 0 Å². The number of hydrogen-bond donors (Lipinski definition) is 0. The molecule has 62 valence electrons. The average molecular weight is 177 g/mol. The molecule has 0 spiro atoms. The first-order chi connectivity index (χ1) is 5.86. The maximum absolute atomic E-state index is 6.65. The summed E-state index contributed by atoms with van der Waals surface area (Å²) in [6.07, 6.45) is 2.94. The zero-order valence-electron chi connectivity index (χ0n) is 7.08. The standard InChI is InChI=1S/C10H11NS/c1-11-8-7-9-3-5-10(12-2)6-4-9/h3-6H,7-8H2,2H3. The molecule has 2 heteroatoms. The second-order valence-electron chi connectivity index (χ2n) is 2.48. The Morgan fingerprint density at radius 3 is 2.50 bits per heavy atom. The minimum atomic E-state index is 0.596. The highest BCUT2D eigenvalue weighted by Crippen LogP contribution is 2.14. The van der Waals surface area contributed by atoms with Crippen LogP contribution in [0.5, 0.6) is 0 Å². The van der Waals surface area contributed by atoms with Gasteiger partial charge in [0.1, 0.15) is 0 Å². The fourth-order valence-corrected chi connectivity index (χ4v) is 1.39. The third kappa shape index (κ3) is 2.60. The van der Waals surface area contributed by atoms with Gasteiger partial charge in [0.2, 0.25) is 6.54 Å². The van der Waals surface area contributed by atoms with Crippen molar-refractivity contribution in [2.45, 2.75) is 11.3 Å². The van der Waals surface area contributed by atoms with Crippen LogP contribution in [-0.2, 0) is 6.42 Å². The quantitative estimate of drug-likeness (QED) is 0.507. The highest BCUT2D eigenvalue weighted by atomic mass is 32.2. The minimum Gasteiger partial charge on any atom is -0.317 e. The summed E-state index contributed by atoms with van der Waals surface area (Å²) in [5.74, 6) is 0. The molecule has 0 heterocycles. The van der Waals surface area contributed by atoms with E-state index in [9.17, 15) is 0 Å². The number of rotatable bonds is 3. The Hall–Kier alpha value is -0.940. The third-order valence-electron chi connectivity index (χ3n) is 1.67. The summed E-state index contributed by atoms with van der Waals surface area (Å²) in [5.41, 5.74) is 1.25. The third-order valence-corrected chi connectivity index (χ3v) is 2.41. The van der Waals surface area contributed by atoms with Crippen molar-refractivity contribution in [3.63, 3.8) is 0 Å². The van der Waals surface area contributed by atoms with Crippen molar-refractivity contribution in [2.24, 2.45) is 0 Å². The number of hydrogen-bond acceptors (Lipinski definition) is 1. The van der Waals surface area contributed by atoms with Crippen molar-refractivity contribution in [1.29, 1.82) is 0 Å². The molecule has 0 unspecified atom stereocenters. The smallest absolute Gasteiger partial charge is 0.218 e. The normalized spacial score (nSPS) is 9.33. The van der Waals surface area contributed by atoms with Gasteiger partial charge in [0, 0.05) is 11.3 Å². The van der Waals surface area contributed by atoms with Crippen LogP contribution in [0.1, 0.15) is 5.56 Å². The van der Waals surface area contributed by atoms with Crippen molar-refractivity contribution in [2.75, 3.05) is 12.8 Å². The Bertz CT molecular complexity index is 271. The number of nitrogens with zero attached hydrogens (tertiary/aromatic N) is 1. The monoisotopic (exact) mass is 177 g/mol. The van der Waals surface area contributed by atoms with Crippen LogP contribution in [0.4, 0.5) is 0 Å². The lowest BCUT2D eigenvalue weighted by Crippen LogP contribution is -1.86. The van der Waals surface area contributed by atoms with E-state index in [-0.39, 0.29) is 0 Å². The van der Waals surface area contributed by atoms with Gasteiger partial charge in [-0.05, 0) is 24.0 Å². The second-order valence-corrected chi connectivity index (χ2v) is 3.36. The van der Waals surface area contributed by atoms with Crippen LogP contribution in [0.25, 0.3) is 4.85 Å². The largest absolute Gasteiger partial charge is 0.317 e. The lowest BCUT2D eigenvalue weighted by molar-refractivity contribution is 1.07. The number of benzene rings is 1. The maximum Gasteiger partial charge on any atom is 0.218 e. The molecule has 0 bridgehead atoms. The maximum atomic E-state index is 6.65. The molecule has 0 aliphatic heterocycles. The van der Waals surface area contributed by atoms with Gasteiger partial charge in [-0.15, -0.1) is 11.8 Å². The Labute approximate surface area is 77.6 Å². The summed E-state index contributed by atoms with van der Waals surface area (Å²) >= 11 is 1.74. The molecule has 0 aliphatic carbocycles. The zero-order valence-corrected chi connectivity index (χ0v) is 7.90. The van der Waals surface area contributed by atoms with Crippen LogP contribution < -0.4 is 0 Å². The molecule has 0 N–H and O–H groups in total. The second kappa shape index (κ2) is 4.84. The van der Waals surface area contributed by atoms with Crippen LogP contribution in [0.2, 0.25) is 0 Å². The molecular formula is C10H11NS. The molecule has 1 aromatic carbocycles. The van der Waals surface area contributed by atoms with E-state index in [0.717, 1.165) is 6.42 Å². The van der Waals surface area contributed by atoms with E-state index >= 15 is 0 Å². The van der Waals surface area contributed by atoms with Gasteiger partial charge >= 0.3 is 0 Å². The Morgan fingerprint density at radius 1 is 1.33 bits per heavy atom. The van der Waals surface area contributed by atoms with E-state index in [1.54, 1.807) is 11.8 Å². The predicted molar refractivity (Wildman–Crippen MR) is 53.4 cm³/mol. The van der Waals surface area contributed by atoms with Gasteiger partial charge in [0.15, 0.2) is 0 Å². The molecule has 0 fully saturated rings. The van der Waals surface area contributed by atoms with Crippen molar-refractivity contribution in [3.8, 4) is 0 Å². The highest BCUT2D eigenvalue weighted by Gasteiger charge is 1.94. The first-order valence-corrected chi connectivity index (χ1v) is 5.05. The molecule has 0 atom stereocenters. The van der Waals surface area contributed by atoms with Gasteiger partial charge < -0.3 is 4.85 Å². The fourth-order valence-electron chi connectivity index (χ4n) is 0.977. The molecule has 1 rings (SSSR count). The first kappa shape index (κ1) is 9.15. The van der Waals surface area contributed by atoms with E-state index in [4.69, 9.17) is 6.57 Å². The molecule has 0 aliphatic rings. The summed E-state index contributed by atoms with van der Waals surface area (Å²) < 4.78 is 0. The van der Waals surface area contributed by atoms with Gasteiger partial charge in [0.05, 0.1) is 0 Å². The van der Waals surface area contributed by atoms with Crippen LogP contribution in [0.3, 0.4) is 0 Å². The summed E-state index contributed by atoms with van der Waals surface area (Å²) in [4.78, 5) is 4.60. The lowest BCUT2D eigenvalue weighted by Gasteiger charge is -1.97.